The number of phenols is 1. The number of ether oxygens (including phenoxy) is 1. The molecular weight excluding hydrogens is 254 g/mol. The van der Waals surface area contributed by atoms with E-state index in [0.29, 0.717) is 13.1 Å². The Morgan fingerprint density at radius 3 is 2.61 bits per heavy atom. The lowest BCUT2D eigenvalue weighted by molar-refractivity contribution is 0.0572. The lowest BCUT2D eigenvalue weighted by atomic mass is 10.1. The van der Waals surface area contributed by atoms with Crippen LogP contribution in [0.25, 0.3) is 0 Å². The zero-order chi connectivity index (χ0) is 13.2. The van der Waals surface area contributed by atoms with E-state index in [4.69, 9.17) is 4.74 Å². The number of benzene rings is 1. The van der Waals surface area contributed by atoms with Crippen molar-refractivity contribution in [1.82, 2.24) is 4.31 Å². The molecule has 5 nitrogen and oxygen atoms in total. The molecule has 1 saturated heterocycles. The van der Waals surface area contributed by atoms with Crippen LogP contribution in [0.1, 0.15) is 12.8 Å². The third-order valence-electron chi connectivity index (χ3n) is 3.15. The number of nitrogens with zero attached hydrogens (tertiary/aromatic N) is 1. The van der Waals surface area contributed by atoms with Crippen molar-refractivity contribution in [2.75, 3.05) is 20.2 Å². The van der Waals surface area contributed by atoms with Gasteiger partial charge in [-0.25, -0.2) is 8.42 Å². The SMILES string of the molecule is COC1CCCN(S(=O)(=O)c2ccc(O)cc2)C1. The van der Waals surface area contributed by atoms with Crippen LogP contribution >= 0.6 is 0 Å². The molecule has 1 atom stereocenters. The summed E-state index contributed by atoms with van der Waals surface area (Å²) in [7, 11) is -1.88. The molecule has 18 heavy (non-hydrogen) atoms. The van der Waals surface area contributed by atoms with Gasteiger partial charge in [-0.1, -0.05) is 0 Å². The molecule has 6 heteroatoms. The maximum atomic E-state index is 12.3. The van der Waals surface area contributed by atoms with Gasteiger partial charge in [0, 0.05) is 20.2 Å². The summed E-state index contributed by atoms with van der Waals surface area (Å²) in [6, 6.07) is 5.59. The first-order valence-electron chi connectivity index (χ1n) is 5.86. The minimum absolute atomic E-state index is 0.0364. The molecular formula is C12H17NO4S. The van der Waals surface area contributed by atoms with Crippen molar-refractivity contribution in [3.05, 3.63) is 24.3 Å². The van der Waals surface area contributed by atoms with Crippen LogP contribution in [0.15, 0.2) is 29.2 Å². The van der Waals surface area contributed by atoms with Crippen LogP contribution in [0.4, 0.5) is 0 Å². The first-order chi connectivity index (χ1) is 8.54. The number of sulfonamides is 1. The summed E-state index contributed by atoms with van der Waals surface area (Å²) < 4.78 is 31.4. The van der Waals surface area contributed by atoms with Crippen molar-refractivity contribution in [1.29, 1.82) is 0 Å². The minimum atomic E-state index is -3.48. The minimum Gasteiger partial charge on any atom is -0.508 e. The molecule has 0 aromatic heterocycles. The van der Waals surface area contributed by atoms with Crippen LogP contribution in [0.5, 0.6) is 5.75 Å². The van der Waals surface area contributed by atoms with E-state index in [0.717, 1.165) is 12.8 Å². The van der Waals surface area contributed by atoms with Gasteiger partial charge in [-0.15, -0.1) is 0 Å². The monoisotopic (exact) mass is 271 g/mol. The number of methoxy groups -OCH3 is 1. The molecule has 0 bridgehead atoms. The van der Waals surface area contributed by atoms with Crippen LogP contribution in [-0.4, -0.2) is 44.1 Å². The van der Waals surface area contributed by atoms with Crippen molar-refractivity contribution < 1.29 is 18.3 Å². The first kappa shape index (κ1) is 13.3. The first-order valence-corrected chi connectivity index (χ1v) is 7.30. The average molecular weight is 271 g/mol. The summed E-state index contributed by atoms with van der Waals surface area (Å²) in [6.45, 7) is 0.906. The van der Waals surface area contributed by atoms with E-state index in [9.17, 15) is 13.5 Å². The highest BCUT2D eigenvalue weighted by atomic mass is 32.2. The Bertz CT molecular complexity index is 497. The van der Waals surface area contributed by atoms with E-state index in [1.807, 2.05) is 0 Å². The molecule has 0 amide bonds. The number of rotatable bonds is 3. The van der Waals surface area contributed by atoms with Crippen molar-refractivity contribution >= 4 is 10.0 Å². The van der Waals surface area contributed by atoms with Gasteiger partial charge in [0.15, 0.2) is 0 Å². The van der Waals surface area contributed by atoms with E-state index >= 15 is 0 Å². The maximum Gasteiger partial charge on any atom is 0.243 e. The Kier molecular flexibility index (Phi) is 3.89. The van der Waals surface area contributed by atoms with E-state index in [-0.39, 0.29) is 16.7 Å². The lowest BCUT2D eigenvalue weighted by Crippen LogP contribution is -2.42. The molecule has 0 aliphatic carbocycles. The van der Waals surface area contributed by atoms with Crippen molar-refractivity contribution in [2.24, 2.45) is 0 Å². The van der Waals surface area contributed by atoms with Gasteiger partial charge in [-0.05, 0) is 37.1 Å². The summed E-state index contributed by atoms with van der Waals surface area (Å²) in [5.41, 5.74) is 0. The quantitative estimate of drug-likeness (QED) is 0.896. The number of piperidine rings is 1. The summed E-state index contributed by atoms with van der Waals surface area (Å²) >= 11 is 0. The smallest absolute Gasteiger partial charge is 0.243 e. The Balaban J connectivity index is 2.22. The van der Waals surface area contributed by atoms with Gasteiger partial charge in [0.05, 0.1) is 11.0 Å². The van der Waals surface area contributed by atoms with Gasteiger partial charge in [0.25, 0.3) is 0 Å². The van der Waals surface area contributed by atoms with Crippen LogP contribution in [-0.2, 0) is 14.8 Å². The Morgan fingerprint density at radius 2 is 2.00 bits per heavy atom. The summed E-state index contributed by atoms with van der Waals surface area (Å²) in [6.07, 6.45) is 1.65. The van der Waals surface area contributed by atoms with Gasteiger partial charge in [0.2, 0.25) is 10.0 Å². The Hall–Kier alpha value is -1.11. The summed E-state index contributed by atoms with van der Waals surface area (Å²) in [5, 5.41) is 9.18. The highest BCUT2D eigenvalue weighted by Crippen LogP contribution is 2.23. The van der Waals surface area contributed by atoms with Crippen molar-refractivity contribution in [2.45, 2.75) is 23.8 Å². The number of phenolic OH excluding ortho intramolecular Hbond substituents is 1. The lowest BCUT2D eigenvalue weighted by Gasteiger charge is -2.31. The highest BCUT2D eigenvalue weighted by Gasteiger charge is 2.30. The second-order valence-corrected chi connectivity index (χ2v) is 6.29. The molecule has 2 rings (SSSR count). The van der Waals surface area contributed by atoms with Crippen LogP contribution in [0, 0.1) is 0 Å². The van der Waals surface area contributed by atoms with E-state index in [1.54, 1.807) is 7.11 Å². The van der Waals surface area contributed by atoms with Crippen molar-refractivity contribution in [3.8, 4) is 5.75 Å². The largest absolute Gasteiger partial charge is 0.508 e. The van der Waals surface area contributed by atoms with Gasteiger partial charge in [-0.2, -0.15) is 4.31 Å². The third-order valence-corrected chi connectivity index (χ3v) is 5.03. The molecule has 1 N–H and O–H groups in total. The van der Waals surface area contributed by atoms with Gasteiger partial charge >= 0.3 is 0 Å². The predicted octanol–water partition coefficient (Wildman–Crippen LogP) is 1.19. The molecule has 0 spiro atoms. The predicted molar refractivity (Wildman–Crippen MR) is 66.9 cm³/mol. The highest BCUT2D eigenvalue weighted by molar-refractivity contribution is 7.89. The van der Waals surface area contributed by atoms with Crippen LogP contribution in [0.3, 0.4) is 0 Å². The van der Waals surface area contributed by atoms with E-state index in [1.165, 1.54) is 28.6 Å². The molecule has 0 radical (unpaired) electrons. The average Bonchev–Trinajstić information content (AvgIpc) is 2.39. The van der Waals surface area contributed by atoms with Crippen LogP contribution in [0.2, 0.25) is 0 Å². The fraction of sp³-hybridized carbons (Fsp3) is 0.500. The number of hydrogen-bond acceptors (Lipinski definition) is 4. The standard InChI is InChI=1S/C12H17NO4S/c1-17-11-3-2-8-13(9-11)18(15,16)12-6-4-10(14)5-7-12/h4-7,11,14H,2-3,8-9H2,1H3. The molecule has 100 valence electrons. The molecule has 1 fully saturated rings. The second-order valence-electron chi connectivity index (χ2n) is 4.36. The second kappa shape index (κ2) is 5.26. The normalized spacial score (nSPS) is 21.9. The Morgan fingerprint density at radius 1 is 1.33 bits per heavy atom. The molecule has 1 aromatic carbocycles. The molecule has 1 aliphatic rings. The van der Waals surface area contributed by atoms with Crippen LogP contribution < -0.4 is 0 Å². The molecule has 1 heterocycles. The van der Waals surface area contributed by atoms with E-state index < -0.39 is 10.0 Å². The molecule has 1 unspecified atom stereocenters. The topological polar surface area (TPSA) is 66.8 Å². The van der Waals surface area contributed by atoms with Gasteiger partial charge in [0.1, 0.15) is 5.75 Å². The Labute approximate surface area is 107 Å². The van der Waals surface area contributed by atoms with Crippen molar-refractivity contribution in [3.63, 3.8) is 0 Å². The fourth-order valence-electron chi connectivity index (χ4n) is 2.08. The summed E-state index contributed by atoms with van der Waals surface area (Å²) in [5.74, 6) is 0.0577. The number of aromatic hydroxyl groups is 1. The van der Waals surface area contributed by atoms with Gasteiger partial charge in [-0.3, -0.25) is 0 Å². The zero-order valence-electron chi connectivity index (χ0n) is 10.2. The van der Waals surface area contributed by atoms with Gasteiger partial charge < -0.3 is 9.84 Å². The summed E-state index contributed by atoms with van der Waals surface area (Å²) in [4.78, 5) is 0.206. The zero-order valence-corrected chi connectivity index (χ0v) is 11.1. The molecule has 0 saturated carbocycles. The fourth-order valence-corrected chi connectivity index (χ4v) is 3.59. The number of hydrogen-bond donors (Lipinski definition) is 1. The maximum absolute atomic E-state index is 12.3. The third kappa shape index (κ3) is 2.66. The molecule has 1 aromatic rings. The van der Waals surface area contributed by atoms with E-state index in [2.05, 4.69) is 0 Å². The molecule has 1 aliphatic heterocycles.